The minimum Gasteiger partial charge on any atom is -0.391 e. The third-order valence-electron chi connectivity index (χ3n) is 2.41. The average molecular weight is 276 g/mol. The van der Waals surface area contributed by atoms with Crippen molar-refractivity contribution in [2.24, 2.45) is 0 Å². The maximum Gasteiger partial charge on any atom is 0.224 e. The van der Waals surface area contributed by atoms with Gasteiger partial charge in [0.2, 0.25) is 5.91 Å². The number of rotatable bonds is 5. The summed E-state index contributed by atoms with van der Waals surface area (Å²) in [5, 5.41) is 12.9. The first kappa shape index (κ1) is 14.3. The summed E-state index contributed by atoms with van der Waals surface area (Å²) in [5.41, 5.74) is 0.610. The van der Waals surface area contributed by atoms with Gasteiger partial charge in [0, 0.05) is 16.6 Å². The molecule has 0 bridgehead atoms. The first-order valence-corrected chi connectivity index (χ1v) is 6.17. The van der Waals surface area contributed by atoms with Gasteiger partial charge in [-0.15, -0.1) is 0 Å². The van der Waals surface area contributed by atoms with E-state index in [1.807, 2.05) is 6.92 Å². The fraction of sp³-hybridized carbons (Fsp3) is 0.417. The zero-order valence-electron chi connectivity index (χ0n) is 9.54. The number of halogens is 2. The fourth-order valence-electron chi connectivity index (χ4n) is 1.30. The molecule has 0 fully saturated rings. The van der Waals surface area contributed by atoms with Crippen LogP contribution < -0.4 is 5.32 Å². The Balaban J connectivity index is 2.56. The molecule has 94 valence electrons. The van der Waals surface area contributed by atoms with E-state index in [0.717, 1.165) is 0 Å². The molecule has 3 nitrogen and oxygen atoms in total. The number of nitrogens with one attached hydrogen (secondary N) is 1. The molecule has 17 heavy (non-hydrogen) atoms. The van der Waals surface area contributed by atoms with E-state index in [9.17, 15) is 9.90 Å². The lowest BCUT2D eigenvalue weighted by Crippen LogP contribution is -2.32. The molecule has 1 amide bonds. The lowest BCUT2D eigenvalue weighted by Gasteiger charge is -2.10. The minimum absolute atomic E-state index is 0.120. The van der Waals surface area contributed by atoms with Crippen LogP contribution in [0, 0.1) is 0 Å². The Kier molecular flexibility index (Phi) is 5.75. The van der Waals surface area contributed by atoms with Crippen LogP contribution in [-0.4, -0.2) is 23.7 Å². The summed E-state index contributed by atoms with van der Waals surface area (Å²) < 4.78 is 0. The molecular formula is C12H15Cl2NO2. The van der Waals surface area contributed by atoms with Crippen molar-refractivity contribution in [3.63, 3.8) is 0 Å². The predicted octanol–water partition coefficient (Wildman–Crippen LogP) is 2.42. The monoisotopic (exact) mass is 275 g/mol. The van der Waals surface area contributed by atoms with E-state index in [4.69, 9.17) is 23.2 Å². The van der Waals surface area contributed by atoms with Crippen LogP contribution in [0.5, 0.6) is 0 Å². The number of aliphatic hydroxyl groups is 1. The van der Waals surface area contributed by atoms with Crippen LogP contribution in [0.4, 0.5) is 0 Å². The number of aliphatic hydroxyl groups excluding tert-OH is 1. The van der Waals surface area contributed by atoms with E-state index < -0.39 is 6.10 Å². The summed E-state index contributed by atoms with van der Waals surface area (Å²) in [6, 6.07) is 5.11. The largest absolute Gasteiger partial charge is 0.391 e. The van der Waals surface area contributed by atoms with Gasteiger partial charge in [-0.3, -0.25) is 4.79 Å². The predicted molar refractivity (Wildman–Crippen MR) is 69.5 cm³/mol. The molecule has 5 heteroatoms. The summed E-state index contributed by atoms with van der Waals surface area (Å²) in [6.07, 6.45) is 0.211. The molecule has 1 aromatic carbocycles. The van der Waals surface area contributed by atoms with E-state index in [1.54, 1.807) is 18.2 Å². The number of carbonyl (C=O) groups is 1. The normalized spacial score (nSPS) is 12.2. The molecule has 0 aliphatic carbocycles. The third-order valence-corrected chi connectivity index (χ3v) is 3.11. The van der Waals surface area contributed by atoms with Crippen LogP contribution in [0.15, 0.2) is 18.2 Å². The molecule has 1 atom stereocenters. The molecule has 0 aliphatic rings. The van der Waals surface area contributed by atoms with Crippen molar-refractivity contribution in [2.45, 2.75) is 25.9 Å². The van der Waals surface area contributed by atoms with E-state index in [0.29, 0.717) is 22.0 Å². The number of hydrogen-bond acceptors (Lipinski definition) is 2. The second kappa shape index (κ2) is 6.84. The van der Waals surface area contributed by atoms with Crippen LogP contribution in [0.25, 0.3) is 0 Å². The van der Waals surface area contributed by atoms with Crippen molar-refractivity contribution in [3.05, 3.63) is 33.8 Å². The highest BCUT2D eigenvalue weighted by Gasteiger charge is 2.11. The molecule has 1 aromatic rings. The Labute approximate surface area is 111 Å². The van der Waals surface area contributed by atoms with Crippen molar-refractivity contribution >= 4 is 29.1 Å². The van der Waals surface area contributed by atoms with Crippen molar-refractivity contribution in [1.29, 1.82) is 0 Å². The highest BCUT2D eigenvalue weighted by atomic mass is 35.5. The van der Waals surface area contributed by atoms with E-state index >= 15 is 0 Å². The molecule has 0 aliphatic heterocycles. The second-order valence-electron chi connectivity index (χ2n) is 3.74. The van der Waals surface area contributed by atoms with Gasteiger partial charge in [-0.2, -0.15) is 0 Å². The molecule has 0 radical (unpaired) electrons. The second-order valence-corrected chi connectivity index (χ2v) is 4.56. The Morgan fingerprint density at radius 1 is 1.41 bits per heavy atom. The summed E-state index contributed by atoms with van der Waals surface area (Å²) in [4.78, 5) is 11.6. The maximum atomic E-state index is 11.6. The summed E-state index contributed by atoms with van der Waals surface area (Å²) in [7, 11) is 0. The SMILES string of the molecule is CCC(O)CNC(=O)Cc1c(Cl)cccc1Cl. The highest BCUT2D eigenvalue weighted by Crippen LogP contribution is 2.24. The van der Waals surface area contributed by atoms with Gasteiger partial charge in [-0.05, 0) is 24.1 Å². The van der Waals surface area contributed by atoms with Crippen molar-refractivity contribution < 1.29 is 9.90 Å². The van der Waals surface area contributed by atoms with Crippen molar-refractivity contribution in [2.75, 3.05) is 6.54 Å². The zero-order valence-corrected chi connectivity index (χ0v) is 11.1. The molecule has 1 unspecified atom stereocenters. The van der Waals surface area contributed by atoms with Crippen molar-refractivity contribution in [1.82, 2.24) is 5.32 Å². The Hall–Kier alpha value is -0.770. The third kappa shape index (κ3) is 4.54. The number of amides is 1. The fourth-order valence-corrected chi connectivity index (χ4v) is 1.83. The molecule has 1 rings (SSSR count). The number of benzene rings is 1. The highest BCUT2D eigenvalue weighted by molar-refractivity contribution is 6.36. The van der Waals surface area contributed by atoms with Gasteiger partial charge in [0.05, 0.1) is 12.5 Å². The Bertz CT molecular complexity index is 376. The molecule has 0 heterocycles. The van der Waals surface area contributed by atoms with Crippen LogP contribution in [0.3, 0.4) is 0 Å². The summed E-state index contributed by atoms with van der Waals surface area (Å²) >= 11 is 11.9. The number of hydrogen-bond donors (Lipinski definition) is 2. The van der Waals surface area contributed by atoms with Gasteiger partial charge < -0.3 is 10.4 Å². The zero-order chi connectivity index (χ0) is 12.8. The van der Waals surface area contributed by atoms with Crippen molar-refractivity contribution in [3.8, 4) is 0 Å². The van der Waals surface area contributed by atoms with E-state index in [1.165, 1.54) is 0 Å². The van der Waals surface area contributed by atoms with Crippen LogP contribution in [-0.2, 0) is 11.2 Å². The molecule has 0 saturated heterocycles. The standard InChI is InChI=1S/C12H15Cl2NO2/c1-2-8(16)7-15-12(17)6-9-10(13)4-3-5-11(9)14/h3-5,8,16H,2,6-7H2,1H3,(H,15,17). The summed E-state index contributed by atoms with van der Waals surface area (Å²) in [6.45, 7) is 2.10. The topological polar surface area (TPSA) is 49.3 Å². The van der Waals surface area contributed by atoms with E-state index in [2.05, 4.69) is 5.32 Å². The molecule has 0 saturated carbocycles. The minimum atomic E-state index is -0.513. The molecule has 0 aromatic heterocycles. The molecule has 0 spiro atoms. The first-order valence-electron chi connectivity index (χ1n) is 5.42. The maximum absolute atomic E-state index is 11.6. The van der Waals surface area contributed by atoms with Gasteiger partial charge >= 0.3 is 0 Å². The van der Waals surface area contributed by atoms with Crippen LogP contribution in [0.2, 0.25) is 10.0 Å². The lowest BCUT2D eigenvalue weighted by atomic mass is 10.1. The van der Waals surface area contributed by atoms with Gasteiger partial charge in [0.25, 0.3) is 0 Å². The smallest absolute Gasteiger partial charge is 0.224 e. The lowest BCUT2D eigenvalue weighted by molar-refractivity contribution is -0.120. The summed E-state index contributed by atoms with van der Waals surface area (Å²) in [5.74, 6) is -0.201. The van der Waals surface area contributed by atoms with Gasteiger partial charge in [0.1, 0.15) is 0 Å². The Morgan fingerprint density at radius 2 is 2.00 bits per heavy atom. The van der Waals surface area contributed by atoms with E-state index in [-0.39, 0.29) is 18.9 Å². The average Bonchev–Trinajstić information content (AvgIpc) is 2.31. The van der Waals surface area contributed by atoms with Gasteiger partial charge in [-0.25, -0.2) is 0 Å². The van der Waals surface area contributed by atoms with Gasteiger partial charge in [-0.1, -0.05) is 36.2 Å². The van der Waals surface area contributed by atoms with Gasteiger partial charge in [0.15, 0.2) is 0 Å². The Morgan fingerprint density at radius 3 is 2.53 bits per heavy atom. The van der Waals surface area contributed by atoms with Crippen LogP contribution in [0.1, 0.15) is 18.9 Å². The molecular weight excluding hydrogens is 261 g/mol. The first-order chi connectivity index (χ1) is 8.04. The molecule has 2 N–H and O–H groups in total. The van der Waals surface area contributed by atoms with Crippen LogP contribution >= 0.6 is 23.2 Å². The quantitative estimate of drug-likeness (QED) is 0.867. The number of carbonyl (C=O) groups excluding carboxylic acids is 1.